The monoisotopic (exact) mass is 336 g/mol. The Balaban J connectivity index is 1.81. The van der Waals surface area contributed by atoms with Crippen molar-refractivity contribution < 1.29 is 9.59 Å². The second-order valence-electron chi connectivity index (χ2n) is 5.79. The van der Waals surface area contributed by atoms with Crippen molar-refractivity contribution in [2.24, 2.45) is 0 Å². The molecule has 3 rings (SSSR count). The van der Waals surface area contributed by atoms with Gasteiger partial charge >= 0.3 is 6.03 Å². The van der Waals surface area contributed by atoms with Gasteiger partial charge in [-0.25, -0.2) is 9.78 Å². The first-order chi connectivity index (χ1) is 12.1. The molecular weight excluding hydrogens is 316 g/mol. The lowest BCUT2D eigenvalue weighted by molar-refractivity contribution is 0.101. The summed E-state index contributed by atoms with van der Waals surface area (Å²) in [5, 5.41) is 5.54. The number of nitrogens with zero attached hydrogens (tertiary/aromatic N) is 2. The van der Waals surface area contributed by atoms with Crippen LogP contribution in [0.15, 0.2) is 48.5 Å². The van der Waals surface area contributed by atoms with Crippen LogP contribution in [0.5, 0.6) is 0 Å². The summed E-state index contributed by atoms with van der Waals surface area (Å²) in [6.07, 6.45) is 0.928. The van der Waals surface area contributed by atoms with Crippen LogP contribution in [-0.2, 0) is 6.54 Å². The Hall–Kier alpha value is -3.15. The van der Waals surface area contributed by atoms with E-state index in [1.54, 1.807) is 24.3 Å². The van der Waals surface area contributed by atoms with Gasteiger partial charge in [0.1, 0.15) is 0 Å². The number of hydrogen-bond acceptors (Lipinski definition) is 3. The number of para-hydroxylation sites is 2. The van der Waals surface area contributed by atoms with Crippen LogP contribution in [0.25, 0.3) is 11.0 Å². The molecule has 6 heteroatoms. The van der Waals surface area contributed by atoms with Crippen LogP contribution in [0.3, 0.4) is 0 Å². The summed E-state index contributed by atoms with van der Waals surface area (Å²) in [4.78, 5) is 28.3. The van der Waals surface area contributed by atoms with Crippen LogP contribution in [0.1, 0.15) is 30.6 Å². The Labute approximate surface area is 145 Å². The van der Waals surface area contributed by atoms with Crippen molar-refractivity contribution in [1.82, 2.24) is 9.55 Å². The van der Waals surface area contributed by atoms with E-state index in [2.05, 4.69) is 22.5 Å². The van der Waals surface area contributed by atoms with Gasteiger partial charge in [-0.3, -0.25) is 10.1 Å². The van der Waals surface area contributed by atoms with Crippen molar-refractivity contribution in [3.05, 3.63) is 54.1 Å². The van der Waals surface area contributed by atoms with E-state index in [1.165, 1.54) is 6.92 Å². The zero-order valence-electron chi connectivity index (χ0n) is 14.2. The molecular formula is C19H20N4O2. The number of ketones is 1. The minimum atomic E-state index is -0.395. The molecule has 0 atom stereocenters. The van der Waals surface area contributed by atoms with Crippen molar-refractivity contribution in [2.45, 2.75) is 26.8 Å². The Morgan fingerprint density at radius 2 is 1.88 bits per heavy atom. The SMILES string of the molecule is CCCn1c(NC(=O)Nc2cccc(C(C)=O)c2)nc2ccccc21. The van der Waals surface area contributed by atoms with Crippen LogP contribution in [0.2, 0.25) is 0 Å². The summed E-state index contributed by atoms with van der Waals surface area (Å²) >= 11 is 0. The lowest BCUT2D eigenvalue weighted by atomic mass is 10.1. The third kappa shape index (κ3) is 3.68. The first-order valence-electron chi connectivity index (χ1n) is 8.22. The number of fused-ring (bicyclic) bond motifs is 1. The summed E-state index contributed by atoms with van der Waals surface area (Å²) in [5.74, 6) is 0.456. The molecule has 0 bridgehead atoms. The predicted octanol–water partition coefficient (Wildman–Crippen LogP) is 4.29. The zero-order valence-corrected chi connectivity index (χ0v) is 14.2. The smallest absolute Gasteiger partial charge is 0.310 e. The van der Waals surface area contributed by atoms with Gasteiger partial charge in [0.15, 0.2) is 5.78 Å². The first kappa shape index (κ1) is 16.7. The molecule has 0 saturated carbocycles. The fourth-order valence-electron chi connectivity index (χ4n) is 2.70. The third-order valence-electron chi connectivity index (χ3n) is 3.85. The van der Waals surface area contributed by atoms with E-state index in [1.807, 2.05) is 28.8 Å². The van der Waals surface area contributed by atoms with Gasteiger partial charge in [0.25, 0.3) is 0 Å². The van der Waals surface area contributed by atoms with E-state index < -0.39 is 6.03 Å². The molecule has 3 aromatic rings. The van der Waals surface area contributed by atoms with Crippen LogP contribution in [0.4, 0.5) is 16.4 Å². The van der Waals surface area contributed by atoms with Crippen molar-refractivity contribution in [2.75, 3.05) is 10.6 Å². The fourth-order valence-corrected chi connectivity index (χ4v) is 2.70. The van der Waals surface area contributed by atoms with Crippen molar-refractivity contribution in [3.63, 3.8) is 0 Å². The summed E-state index contributed by atoms with van der Waals surface area (Å²) < 4.78 is 1.99. The number of aryl methyl sites for hydroxylation is 1. The molecule has 0 unspecified atom stereocenters. The largest absolute Gasteiger partial charge is 0.326 e. The Morgan fingerprint density at radius 1 is 1.08 bits per heavy atom. The average Bonchev–Trinajstić information content (AvgIpc) is 2.93. The van der Waals surface area contributed by atoms with Crippen molar-refractivity contribution in [1.29, 1.82) is 0 Å². The number of nitrogens with one attached hydrogen (secondary N) is 2. The molecule has 25 heavy (non-hydrogen) atoms. The lowest BCUT2D eigenvalue weighted by Gasteiger charge is -2.10. The Kier molecular flexibility index (Phi) is 4.79. The average molecular weight is 336 g/mol. The second-order valence-corrected chi connectivity index (χ2v) is 5.79. The minimum Gasteiger partial charge on any atom is -0.310 e. The number of urea groups is 1. The Morgan fingerprint density at radius 3 is 2.64 bits per heavy atom. The standard InChI is InChI=1S/C19H20N4O2/c1-3-11-23-17-10-5-4-9-16(17)21-18(23)22-19(25)20-15-8-6-7-14(12-15)13(2)24/h4-10,12H,3,11H2,1-2H3,(H2,20,21,22,25). The predicted molar refractivity (Wildman–Crippen MR) is 99.1 cm³/mol. The van der Waals surface area contributed by atoms with Gasteiger partial charge < -0.3 is 9.88 Å². The van der Waals surface area contributed by atoms with E-state index in [-0.39, 0.29) is 5.78 Å². The molecule has 1 heterocycles. The number of amides is 2. The Bertz CT molecular complexity index is 930. The van der Waals surface area contributed by atoms with Crippen LogP contribution in [0, 0.1) is 0 Å². The number of Topliss-reactive ketones (excluding diaryl/α,β-unsaturated/α-hetero) is 1. The van der Waals surface area contributed by atoms with Gasteiger partial charge in [0.05, 0.1) is 11.0 Å². The number of carbonyl (C=O) groups is 2. The van der Waals surface area contributed by atoms with Crippen LogP contribution >= 0.6 is 0 Å². The molecule has 0 spiro atoms. The maximum absolute atomic E-state index is 12.3. The fraction of sp³-hybridized carbons (Fsp3) is 0.211. The molecule has 0 radical (unpaired) electrons. The summed E-state index contributed by atoms with van der Waals surface area (Å²) in [6.45, 7) is 4.33. The van der Waals surface area contributed by atoms with Crippen molar-refractivity contribution >= 4 is 34.5 Å². The second kappa shape index (κ2) is 7.17. The lowest BCUT2D eigenvalue weighted by Crippen LogP contribution is -2.22. The van der Waals surface area contributed by atoms with Gasteiger partial charge in [0.2, 0.25) is 5.95 Å². The topological polar surface area (TPSA) is 76.0 Å². The maximum Gasteiger partial charge on any atom is 0.326 e. The number of rotatable bonds is 5. The maximum atomic E-state index is 12.3. The minimum absolute atomic E-state index is 0.0474. The van der Waals surface area contributed by atoms with Crippen LogP contribution in [-0.4, -0.2) is 21.4 Å². The molecule has 2 N–H and O–H groups in total. The molecule has 6 nitrogen and oxygen atoms in total. The van der Waals surface area contributed by atoms with E-state index in [0.29, 0.717) is 17.2 Å². The van der Waals surface area contributed by atoms with E-state index in [9.17, 15) is 9.59 Å². The van der Waals surface area contributed by atoms with Gasteiger partial charge in [0, 0.05) is 17.8 Å². The molecule has 2 aromatic carbocycles. The highest BCUT2D eigenvalue weighted by atomic mass is 16.2. The number of hydrogen-bond donors (Lipinski definition) is 2. The quantitative estimate of drug-likeness (QED) is 0.682. The molecule has 0 fully saturated rings. The van der Waals surface area contributed by atoms with Crippen LogP contribution < -0.4 is 10.6 Å². The van der Waals surface area contributed by atoms with Gasteiger partial charge in [-0.2, -0.15) is 0 Å². The molecule has 128 valence electrons. The van der Waals surface area contributed by atoms with Gasteiger partial charge in [-0.05, 0) is 37.6 Å². The zero-order chi connectivity index (χ0) is 17.8. The van der Waals surface area contributed by atoms with Gasteiger partial charge in [-0.15, -0.1) is 0 Å². The van der Waals surface area contributed by atoms with Crippen molar-refractivity contribution in [3.8, 4) is 0 Å². The third-order valence-corrected chi connectivity index (χ3v) is 3.85. The highest BCUT2D eigenvalue weighted by molar-refractivity contribution is 6.01. The number of benzene rings is 2. The first-order valence-corrected chi connectivity index (χ1v) is 8.22. The number of aromatic nitrogens is 2. The normalized spacial score (nSPS) is 10.6. The molecule has 0 saturated heterocycles. The number of carbonyl (C=O) groups excluding carboxylic acids is 2. The highest BCUT2D eigenvalue weighted by Crippen LogP contribution is 2.20. The molecule has 1 aromatic heterocycles. The van der Waals surface area contributed by atoms with Gasteiger partial charge in [-0.1, -0.05) is 31.2 Å². The highest BCUT2D eigenvalue weighted by Gasteiger charge is 2.13. The molecule has 0 aliphatic carbocycles. The summed E-state index contributed by atoms with van der Waals surface area (Å²) in [5.41, 5.74) is 2.93. The molecule has 0 aliphatic heterocycles. The van der Waals surface area contributed by atoms with E-state index >= 15 is 0 Å². The summed E-state index contributed by atoms with van der Waals surface area (Å²) in [6, 6.07) is 14.2. The number of imidazole rings is 1. The van der Waals surface area contributed by atoms with E-state index in [4.69, 9.17) is 0 Å². The molecule has 2 amide bonds. The number of anilines is 2. The summed E-state index contributed by atoms with van der Waals surface area (Å²) in [7, 11) is 0. The molecule has 0 aliphatic rings. The van der Waals surface area contributed by atoms with E-state index in [0.717, 1.165) is 24.0 Å².